The van der Waals surface area contributed by atoms with Crippen molar-refractivity contribution < 1.29 is 12.8 Å². The van der Waals surface area contributed by atoms with Crippen LogP contribution in [0.5, 0.6) is 0 Å². The van der Waals surface area contributed by atoms with Crippen LogP contribution in [0, 0.1) is 11.7 Å². The molecule has 140 valence electrons. The van der Waals surface area contributed by atoms with E-state index >= 15 is 0 Å². The number of likely N-dealkylation sites (tertiary alicyclic amines) is 1. The maximum Gasteiger partial charge on any atom is 0.215 e. The van der Waals surface area contributed by atoms with Gasteiger partial charge in [-0.2, -0.15) is 0 Å². The molecule has 0 saturated carbocycles. The molecule has 26 heavy (non-hydrogen) atoms. The standard InChI is InChI=1S/C19H24FN3O2S/c20-19-3-1-2-18(12-19)15-26(24,25)22-13-16-6-10-23(11-7-16)14-17-4-8-21-9-5-17/h1-5,8-9,12,16,22H,6-7,10-11,13-15H2. The van der Waals surface area contributed by atoms with Crippen LogP contribution in [-0.2, 0) is 22.3 Å². The number of sulfonamides is 1. The van der Waals surface area contributed by atoms with Gasteiger partial charge in [-0.15, -0.1) is 0 Å². The van der Waals surface area contributed by atoms with Crippen LogP contribution in [0.1, 0.15) is 24.0 Å². The number of hydrogen-bond donors (Lipinski definition) is 1. The lowest BCUT2D eigenvalue weighted by atomic mass is 9.97. The highest BCUT2D eigenvalue weighted by Crippen LogP contribution is 2.19. The maximum atomic E-state index is 13.2. The Kier molecular flexibility index (Phi) is 6.34. The molecule has 1 aliphatic rings. The lowest BCUT2D eigenvalue weighted by Crippen LogP contribution is -2.38. The van der Waals surface area contributed by atoms with Gasteiger partial charge in [0.15, 0.2) is 0 Å². The molecule has 2 heterocycles. The van der Waals surface area contributed by atoms with E-state index in [4.69, 9.17) is 0 Å². The Morgan fingerprint density at radius 1 is 1.12 bits per heavy atom. The molecule has 0 spiro atoms. The van der Waals surface area contributed by atoms with E-state index < -0.39 is 15.8 Å². The van der Waals surface area contributed by atoms with E-state index in [-0.39, 0.29) is 5.75 Å². The Morgan fingerprint density at radius 2 is 1.85 bits per heavy atom. The lowest BCUT2D eigenvalue weighted by molar-refractivity contribution is 0.178. The van der Waals surface area contributed by atoms with Gasteiger partial charge in [0.25, 0.3) is 0 Å². The van der Waals surface area contributed by atoms with Crippen LogP contribution in [0.15, 0.2) is 48.8 Å². The largest absolute Gasteiger partial charge is 0.299 e. The van der Waals surface area contributed by atoms with Crippen molar-refractivity contribution in [1.82, 2.24) is 14.6 Å². The molecule has 1 fully saturated rings. The highest BCUT2D eigenvalue weighted by Gasteiger charge is 2.21. The summed E-state index contributed by atoms with van der Waals surface area (Å²) in [6, 6.07) is 9.76. The fourth-order valence-corrected chi connectivity index (χ4v) is 4.45. The zero-order valence-electron chi connectivity index (χ0n) is 14.6. The molecule has 0 amide bonds. The molecular weight excluding hydrogens is 353 g/mol. The number of benzene rings is 1. The monoisotopic (exact) mass is 377 g/mol. The van der Waals surface area contributed by atoms with Crippen LogP contribution in [0.3, 0.4) is 0 Å². The first-order valence-electron chi connectivity index (χ1n) is 8.83. The molecular formula is C19H24FN3O2S. The number of nitrogens with one attached hydrogen (secondary N) is 1. The molecule has 5 nitrogen and oxygen atoms in total. The number of nitrogens with zero attached hydrogens (tertiary/aromatic N) is 2. The summed E-state index contributed by atoms with van der Waals surface area (Å²) in [5.41, 5.74) is 1.71. The SMILES string of the molecule is O=S(=O)(Cc1cccc(F)c1)NCC1CCN(Cc2ccncc2)CC1. The molecule has 7 heteroatoms. The molecule has 0 unspecified atom stereocenters. The zero-order valence-corrected chi connectivity index (χ0v) is 15.5. The average molecular weight is 377 g/mol. The third-order valence-corrected chi connectivity index (χ3v) is 6.02. The minimum atomic E-state index is -3.45. The predicted octanol–water partition coefficient (Wildman–Crippen LogP) is 2.55. The second-order valence-corrected chi connectivity index (χ2v) is 8.62. The highest BCUT2D eigenvalue weighted by atomic mass is 32.2. The first-order chi connectivity index (χ1) is 12.5. The summed E-state index contributed by atoms with van der Waals surface area (Å²) >= 11 is 0. The molecule has 0 radical (unpaired) electrons. The molecule has 0 bridgehead atoms. The van der Waals surface area contributed by atoms with Gasteiger partial charge in [-0.05, 0) is 67.2 Å². The second-order valence-electron chi connectivity index (χ2n) is 6.81. The number of rotatable bonds is 7. The summed E-state index contributed by atoms with van der Waals surface area (Å²) in [4.78, 5) is 6.41. The summed E-state index contributed by atoms with van der Waals surface area (Å²) in [5, 5.41) is 0. The molecule has 1 aliphatic heterocycles. The van der Waals surface area contributed by atoms with Crippen LogP contribution in [0.2, 0.25) is 0 Å². The quantitative estimate of drug-likeness (QED) is 0.806. The van der Waals surface area contributed by atoms with E-state index in [9.17, 15) is 12.8 Å². The molecule has 1 aromatic heterocycles. The van der Waals surface area contributed by atoms with E-state index in [1.165, 1.54) is 23.8 Å². The fraction of sp³-hybridized carbons (Fsp3) is 0.421. The Bertz CT molecular complexity index is 807. The van der Waals surface area contributed by atoms with Crippen molar-refractivity contribution in [2.45, 2.75) is 25.1 Å². The Hall–Kier alpha value is -1.83. The van der Waals surface area contributed by atoms with Crippen LogP contribution >= 0.6 is 0 Å². The van der Waals surface area contributed by atoms with E-state index in [2.05, 4.69) is 14.6 Å². The van der Waals surface area contributed by atoms with E-state index in [1.54, 1.807) is 18.5 Å². The van der Waals surface area contributed by atoms with Crippen molar-refractivity contribution in [3.05, 3.63) is 65.7 Å². The number of piperidine rings is 1. The normalized spacial score (nSPS) is 16.7. The van der Waals surface area contributed by atoms with Crippen LogP contribution in [0.4, 0.5) is 4.39 Å². The number of halogens is 1. The molecule has 1 saturated heterocycles. The van der Waals surface area contributed by atoms with E-state index in [1.807, 2.05) is 12.1 Å². The van der Waals surface area contributed by atoms with Crippen molar-refractivity contribution in [2.75, 3.05) is 19.6 Å². The van der Waals surface area contributed by atoms with Gasteiger partial charge in [0.05, 0.1) is 5.75 Å². The molecule has 2 aromatic rings. The Labute approximate surface area is 154 Å². The van der Waals surface area contributed by atoms with Gasteiger partial charge < -0.3 is 0 Å². The van der Waals surface area contributed by atoms with Crippen molar-refractivity contribution in [1.29, 1.82) is 0 Å². The first-order valence-corrected chi connectivity index (χ1v) is 10.5. The summed E-state index contributed by atoms with van der Waals surface area (Å²) in [7, 11) is -3.45. The van der Waals surface area contributed by atoms with Crippen molar-refractivity contribution >= 4 is 10.0 Å². The summed E-state index contributed by atoms with van der Waals surface area (Å²) in [6.07, 6.45) is 5.53. The minimum absolute atomic E-state index is 0.189. The molecule has 3 rings (SSSR count). The van der Waals surface area contributed by atoms with Crippen molar-refractivity contribution in [3.63, 3.8) is 0 Å². The minimum Gasteiger partial charge on any atom is -0.299 e. The number of aromatic nitrogens is 1. The summed E-state index contributed by atoms with van der Waals surface area (Å²) in [5.74, 6) is -0.267. The van der Waals surface area contributed by atoms with Gasteiger partial charge in [-0.1, -0.05) is 12.1 Å². The number of pyridine rings is 1. The molecule has 1 N–H and O–H groups in total. The van der Waals surface area contributed by atoms with Crippen LogP contribution in [0.25, 0.3) is 0 Å². The van der Waals surface area contributed by atoms with Gasteiger partial charge in [0.2, 0.25) is 10.0 Å². The smallest absolute Gasteiger partial charge is 0.215 e. The van der Waals surface area contributed by atoms with E-state index in [0.717, 1.165) is 32.5 Å². The fourth-order valence-electron chi connectivity index (χ4n) is 3.24. The topological polar surface area (TPSA) is 62.3 Å². The van der Waals surface area contributed by atoms with Gasteiger partial charge >= 0.3 is 0 Å². The van der Waals surface area contributed by atoms with Gasteiger partial charge in [0.1, 0.15) is 5.82 Å². The number of hydrogen-bond acceptors (Lipinski definition) is 4. The molecule has 0 atom stereocenters. The first kappa shape index (κ1) is 18.9. The summed E-state index contributed by atoms with van der Waals surface area (Å²) < 4.78 is 40.3. The Balaban J connectivity index is 1.43. The lowest BCUT2D eigenvalue weighted by Gasteiger charge is -2.32. The van der Waals surface area contributed by atoms with Crippen LogP contribution < -0.4 is 4.72 Å². The molecule has 1 aromatic carbocycles. The van der Waals surface area contributed by atoms with Gasteiger partial charge in [-0.25, -0.2) is 17.5 Å². The molecule has 0 aliphatic carbocycles. The van der Waals surface area contributed by atoms with Crippen molar-refractivity contribution in [2.24, 2.45) is 5.92 Å². The summed E-state index contributed by atoms with van der Waals surface area (Å²) in [6.45, 7) is 3.26. The highest BCUT2D eigenvalue weighted by molar-refractivity contribution is 7.88. The zero-order chi connectivity index (χ0) is 18.4. The van der Waals surface area contributed by atoms with Crippen molar-refractivity contribution in [3.8, 4) is 0 Å². The van der Waals surface area contributed by atoms with Gasteiger partial charge in [-0.3, -0.25) is 9.88 Å². The van der Waals surface area contributed by atoms with E-state index in [0.29, 0.717) is 18.0 Å². The third kappa shape index (κ3) is 5.86. The average Bonchev–Trinajstić information content (AvgIpc) is 2.62. The van der Waals surface area contributed by atoms with Gasteiger partial charge in [0, 0.05) is 25.5 Å². The van der Waals surface area contributed by atoms with Crippen LogP contribution in [-0.4, -0.2) is 37.9 Å². The maximum absolute atomic E-state index is 13.2. The third-order valence-electron chi connectivity index (χ3n) is 4.70. The Morgan fingerprint density at radius 3 is 2.54 bits per heavy atom. The second kappa shape index (κ2) is 8.70. The predicted molar refractivity (Wildman–Crippen MR) is 99.3 cm³/mol.